The van der Waals surface area contributed by atoms with Crippen LogP contribution in [0.1, 0.15) is 0 Å². The minimum atomic E-state index is 0.0278. The Labute approximate surface area is 108 Å². The molecule has 3 N–H and O–H groups in total. The molecule has 0 fully saturated rings. The van der Waals surface area contributed by atoms with E-state index in [1.54, 1.807) is 7.11 Å². The largest absolute Gasteiger partial charge is 0.394 e. The monoisotopic (exact) mass is 270 g/mol. The van der Waals surface area contributed by atoms with Crippen LogP contribution in [-0.2, 0) is 18.9 Å². The van der Waals surface area contributed by atoms with E-state index in [2.05, 4.69) is 4.74 Å². The van der Waals surface area contributed by atoms with Crippen LogP contribution in [0.2, 0.25) is 0 Å². The molecule has 0 aliphatic rings. The third kappa shape index (κ3) is 24.8. The lowest BCUT2D eigenvalue weighted by Crippen LogP contribution is -2.09. The molecule has 18 heavy (non-hydrogen) atoms. The summed E-state index contributed by atoms with van der Waals surface area (Å²) in [5.41, 5.74) is 0. The molecule has 112 valence electrons. The van der Waals surface area contributed by atoms with E-state index in [0.717, 1.165) is 0 Å². The van der Waals surface area contributed by atoms with Crippen LogP contribution in [0, 0.1) is 0 Å². The maximum Gasteiger partial charge on any atom is 0.0701 e. The van der Waals surface area contributed by atoms with E-state index in [1.165, 1.54) is 0 Å². The Bertz CT molecular complexity index is 112. The Morgan fingerprint density at radius 1 is 0.556 bits per heavy atom. The van der Waals surface area contributed by atoms with Gasteiger partial charge in [0, 0.05) is 7.11 Å². The van der Waals surface area contributed by atoms with Crippen molar-refractivity contribution >= 4 is 0 Å². The fourth-order valence-corrected chi connectivity index (χ4v) is 0.760. The van der Waals surface area contributed by atoms with Gasteiger partial charge in [-0.2, -0.15) is 0 Å². The zero-order valence-electron chi connectivity index (χ0n) is 11.0. The molecule has 0 amide bonds. The average molecular weight is 270 g/mol. The fourth-order valence-electron chi connectivity index (χ4n) is 0.760. The van der Waals surface area contributed by atoms with E-state index in [1.807, 2.05) is 0 Å². The van der Waals surface area contributed by atoms with Crippen LogP contribution in [-0.4, -0.2) is 88.5 Å². The van der Waals surface area contributed by atoms with Gasteiger partial charge >= 0.3 is 0 Å². The fraction of sp³-hybridized carbons (Fsp3) is 1.00. The summed E-state index contributed by atoms with van der Waals surface area (Å²) < 4.78 is 19.4. The summed E-state index contributed by atoms with van der Waals surface area (Å²) >= 11 is 0. The van der Waals surface area contributed by atoms with Crippen molar-refractivity contribution in [1.82, 2.24) is 0 Å². The maximum atomic E-state index is 8.32. The van der Waals surface area contributed by atoms with E-state index in [-0.39, 0.29) is 19.8 Å². The van der Waals surface area contributed by atoms with Gasteiger partial charge in [-0.15, -0.1) is 0 Å². The molecule has 0 aromatic heterocycles. The highest BCUT2D eigenvalue weighted by Gasteiger charge is 1.87. The SMILES string of the molecule is COCCOCCOCCO.OCCOCCO. The highest BCUT2D eigenvalue weighted by molar-refractivity contribution is 4.31. The number of rotatable bonds is 12. The van der Waals surface area contributed by atoms with Crippen molar-refractivity contribution in [2.75, 3.05) is 73.2 Å². The van der Waals surface area contributed by atoms with Gasteiger partial charge in [0.15, 0.2) is 0 Å². The third-order valence-electron chi connectivity index (χ3n) is 1.51. The van der Waals surface area contributed by atoms with Gasteiger partial charge in [-0.05, 0) is 0 Å². The first kappa shape index (κ1) is 20.0. The molecular formula is C11H26O7. The number of ether oxygens (including phenoxy) is 4. The van der Waals surface area contributed by atoms with Crippen molar-refractivity contribution in [2.45, 2.75) is 0 Å². The summed E-state index contributed by atoms with van der Waals surface area (Å²) in [6.07, 6.45) is 0. The second kappa shape index (κ2) is 21.9. The Morgan fingerprint density at radius 3 is 1.28 bits per heavy atom. The second-order valence-corrected chi connectivity index (χ2v) is 3.00. The van der Waals surface area contributed by atoms with Crippen LogP contribution in [0.5, 0.6) is 0 Å². The van der Waals surface area contributed by atoms with E-state index < -0.39 is 0 Å². The first-order chi connectivity index (χ1) is 8.83. The van der Waals surface area contributed by atoms with Crippen LogP contribution in [0.15, 0.2) is 0 Å². The van der Waals surface area contributed by atoms with Gasteiger partial charge in [-0.3, -0.25) is 0 Å². The van der Waals surface area contributed by atoms with Crippen LogP contribution >= 0.6 is 0 Å². The number of hydrogen-bond donors (Lipinski definition) is 3. The predicted octanol–water partition coefficient (Wildman–Crippen LogP) is -1.35. The van der Waals surface area contributed by atoms with Gasteiger partial charge in [-0.25, -0.2) is 0 Å². The zero-order valence-corrected chi connectivity index (χ0v) is 11.0. The van der Waals surface area contributed by atoms with Crippen LogP contribution in [0.25, 0.3) is 0 Å². The van der Waals surface area contributed by atoms with Crippen LogP contribution in [0.4, 0.5) is 0 Å². The molecule has 0 heterocycles. The average Bonchev–Trinajstić information content (AvgIpc) is 2.39. The summed E-state index contributed by atoms with van der Waals surface area (Å²) in [6.45, 7) is 3.44. The summed E-state index contributed by atoms with van der Waals surface area (Å²) in [5, 5.41) is 24.5. The van der Waals surface area contributed by atoms with E-state index in [4.69, 9.17) is 29.5 Å². The second-order valence-electron chi connectivity index (χ2n) is 3.00. The summed E-state index contributed by atoms with van der Waals surface area (Å²) in [4.78, 5) is 0. The minimum absolute atomic E-state index is 0.0278. The summed E-state index contributed by atoms with van der Waals surface area (Å²) in [7, 11) is 1.63. The van der Waals surface area contributed by atoms with Crippen LogP contribution < -0.4 is 0 Å². The molecule has 0 saturated carbocycles. The molecule has 0 radical (unpaired) electrons. The van der Waals surface area contributed by atoms with Gasteiger partial charge in [-0.1, -0.05) is 0 Å². The lowest BCUT2D eigenvalue weighted by atomic mass is 10.7. The summed E-state index contributed by atoms with van der Waals surface area (Å²) in [5.74, 6) is 0. The molecule has 7 nitrogen and oxygen atoms in total. The van der Waals surface area contributed by atoms with E-state index >= 15 is 0 Å². The Morgan fingerprint density at radius 2 is 0.889 bits per heavy atom. The van der Waals surface area contributed by atoms with E-state index in [9.17, 15) is 0 Å². The number of aliphatic hydroxyl groups excluding tert-OH is 3. The molecule has 0 unspecified atom stereocenters. The van der Waals surface area contributed by atoms with Gasteiger partial charge in [0.05, 0.1) is 66.1 Å². The first-order valence-electron chi connectivity index (χ1n) is 5.88. The molecule has 0 bridgehead atoms. The highest BCUT2D eigenvalue weighted by Crippen LogP contribution is 1.78. The quantitative estimate of drug-likeness (QED) is 0.377. The molecule has 0 aromatic rings. The van der Waals surface area contributed by atoms with Crippen molar-refractivity contribution < 1.29 is 34.3 Å². The molecular weight excluding hydrogens is 244 g/mol. The van der Waals surface area contributed by atoms with Crippen molar-refractivity contribution in [3.05, 3.63) is 0 Å². The summed E-state index contributed by atoms with van der Waals surface area (Å²) in [6, 6.07) is 0. The standard InChI is InChI=1S/C7H16O4.C4H10O3/c1-9-4-5-11-7-6-10-3-2-8;5-1-3-7-4-2-6/h8H,2-7H2,1H3;5-6H,1-4H2. The highest BCUT2D eigenvalue weighted by atomic mass is 16.5. The van der Waals surface area contributed by atoms with Crippen molar-refractivity contribution in [3.8, 4) is 0 Å². The number of hydrogen-bond acceptors (Lipinski definition) is 7. The van der Waals surface area contributed by atoms with Gasteiger partial charge in [0.25, 0.3) is 0 Å². The van der Waals surface area contributed by atoms with Crippen molar-refractivity contribution in [2.24, 2.45) is 0 Å². The van der Waals surface area contributed by atoms with Crippen LogP contribution in [0.3, 0.4) is 0 Å². The Hall–Kier alpha value is -0.280. The third-order valence-corrected chi connectivity index (χ3v) is 1.51. The lowest BCUT2D eigenvalue weighted by molar-refractivity contribution is 0.0159. The molecule has 0 saturated heterocycles. The smallest absolute Gasteiger partial charge is 0.0701 e. The molecule has 0 spiro atoms. The molecule has 0 aliphatic heterocycles. The molecule has 0 atom stereocenters. The maximum absolute atomic E-state index is 8.32. The number of methoxy groups -OCH3 is 1. The van der Waals surface area contributed by atoms with Gasteiger partial charge in [0.2, 0.25) is 0 Å². The van der Waals surface area contributed by atoms with Crippen molar-refractivity contribution in [1.29, 1.82) is 0 Å². The Kier molecular flexibility index (Phi) is 24.4. The predicted molar refractivity (Wildman–Crippen MR) is 65.6 cm³/mol. The molecule has 7 heteroatoms. The van der Waals surface area contributed by atoms with E-state index in [0.29, 0.717) is 46.2 Å². The van der Waals surface area contributed by atoms with Gasteiger partial charge in [0.1, 0.15) is 0 Å². The first-order valence-corrected chi connectivity index (χ1v) is 5.88. The molecule has 0 aromatic carbocycles. The normalized spacial score (nSPS) is 10.0. The molecule has 0 rings (SSSR count). The molecule has 0 aliphatic carbocycles. The minimum Gasteiger partial charge on any atom is -0.394 e. The lowest BCUT2D eigenvalue weighted by Gasteiger charge is -2.03. The zero-order chi connectivity index (χ0) is 13.9. The number of aliphatic hydroxyl groups is 3. The van der Waals surface area contributed by atoms with Gasteiger partial charge < -0.3 is 34.3 Å². The Balaban J connectivity index is 0. The topological polar surface area (TPSA) is 97.6 Å². The van der Waals surface area contributed by atoms with Crippen molar-refractivity contribution in [3.63, 3.8) is 0 Å².